The predicted octanol–water partition coefficient (Wildman–Crippen LogP) is 2.74. The third-order valence-electron chi connectivity index (χ3n) is 2.15. The summed E-state index contributed by atoms with van der Waals surface area (Å²) >= 11 is 5.66. The molecular weight excluding hydrogens is 243 g/mol. The fourth-order valence-corrected chi connectivity index (χ4v) is 1.63. The SMILES string of the molecule is C[C@@H](N)[C@@H](O)c1c(Cl)cccc1C(F)(F)F. The van der Waals surface area contributed by atoms with Crippen LogP contribution in [-0.4, -0.2) is 11.1 Å². The van der Waals surface area contributed by atoms with Gasteiger partial charge >= 0.3 is 6.18 Å². The van der Waals surface area contributed by atoms with Crippen molar-refractivity contribution in [3.63, 3.8) is 0 Å². The summed E-state index contributed by atoms with van der Waals surface area (Å²) in [6.07, 6.45) is -6.00. The van der Waals surface area contributed by atoms with Gasteiger partial charge in [0.1, 0.15) is 0 Å². The van der Waals surface area contributed by atoms with Crippen LogP contribution in [0, 0.1) is 0 Å². The molecule has 90 valence electrons. The maximum atomic E-state index is 12.6. The summed E-state index contributed by atoms with van der Waals surface area (Å²) in [6, 6.07) is 2.51. The average Bonchev–Trinajstić information content (AvgIpc) is 2.14. The standard InChI is InChI=1S/C10H11ClF3NO/c1-5(15)9(16)8-6(10(12,13)14)3-2-4-7(8)11/h2-5,9,16H,15H2,1H3/t5-,9-/m1/s1. The Balaban J connectivity index is 3.35. The van der Waals surface area contributed by atoms with E-state index in [4.69, 9.17) is 17.3 Å². The van der Waals surface area contributed by atoms with Crippen molar-refractivity contribution in [2.75, 3.05) is 0 Å². The molecule has 6 heteroatoms. The predicted molar refractivity (Wildman–Crippen MR) is 55.1 cm³/mol. The van der Waals surface area contributed by atoms with E-state index in [9.17, 15) is 18.3 Å². The largest absolute Gasteiger partial charge is 0.416 e. The molecule has 0 aromatic heterocycles. The monoisotopic (exact) mass is 253 g/mol. The summed E-state index contributed by atoms with van der Waals surface area (Å²) in [5, 5.41) is 9.47. The first-order valence-electron chi connectivity index (χ1n) is 4.54. The van der Waals surface area contributed by atoms with Gasteiger partial charge in [-0.25, -0.2) is 0 Å². The minimum Gasteiger partial charge on any atom is -0.387 e. The smallest absolute Gasteiger partial charge is 0.387 e. The highest BCUT2D eigenvalue weighted by Crippen LogP contribution is 2.38. The molecule has 0 aliphatic heterocycles. The van der Waals surface area contributed by atoms with Crippen LogP contribution in [0.4, 0.5) is 13.2 Å². The third-order valence-corrected chi connectivity index (χ3v) is 2.48. The van der Waals surface area contributed by atoms with E-state index in [0.717, 1.165) is 6.07 Å². The molecule has 0 heterocycles. The van der Waals surface area contributed by atoms with Crippen molar-refractivity contribution in [1.82, 2.24) is 0 Å². The highest BCUT2D eigenvalue weighted by molar-refractivity contribution is 6.31. The van der Waals surface area contributed by atoms with Crippen molar-refractivity contribution in [3.05, 3.63) is 34.3 Å². The van der Waals surface area contributed by atoms with Gasteiger partial charge in [-0.15, -0.1) is 0 Å². The van der Waals surface area contributed by atoms with Crippen molar-refractivity contribution in [2.45, 2.75) is 25.2 Å². The Morgan fingerprint density at radius 2 is 1.94 bits per heavy atom. The highest BCUT2D eigenvalue weighted by atomic mass is 35.5. The number of hydrogen-bond donors (Lipinski definition) is 2. The molecule has 0 aliphatic carbocycles. The number of benzene rings is 1. The van der Waals surface area contributed by atoms with Crippen LogP contribution in [0.15, 0.2) is 18.2 Å². The maximum absolute atomic E-state index is 12.6. The Morgan fingerprint density at radius 1 is 1.38 bits per heavy atom. The van der Waals surface area contributed by atoms with Crippen molar-refractivity contribution in [3.8, 4) is 0 Å². The van der Waals surface area contributed by atoms with Gasteiger partial charge in [-0.2, -0.15) is 13.2 Å². The van der Waals surface area contributed by atoms with Crippen LogP contribution in [0.3, 0.4) is 0 Å². The van der Waals surface area contributed by atoms with E-state index >= 15 is 0 Å². The number of aliphatic hydroxyl groups is 1. The first kappa shape index (κ1) is 13.3. The second-order valence-corrected chi connectivity index (χ2v) is 3.91. The molecule has 2 nitrogen and oxygen atoms in total. The molecule has 0 saturated heterocycles. The van der Waals surface area contributed by atoms with Gasteiger partial charge in [-0.3, -0.25) is 0 Å². The number of hydrogen-bond acceptors (Lipinski definition) is 2. The van der Waals surface area contributed by atoms with Gasteiger partial charge in [-0.05, 0) is 19.1 Å². The summed E-state index contributed by atoms with van der Waals surface area (Å²) in [7, 11) is 0. The number of nitrogens with two attached hydrogens (primary N) is 1. The van der Waals surface area contributed by atoms with Gasteiger partial charge in [0.05, 0.1) is 11.7 Å². The Morgan fingerprint density at radius 3 is 2.38 bits per heavy atom. The summed E-state index contributed by atoms with van der Waals surface area (Å²) in [5.41, 5.74) is 4.05. The second-order valence-electron chi connectivity index (χ2n) is 3.50. The van der Waals surface area contributed by atoms with Gasteiger partial charge < -0.3 is 10.8 Å². The first-order valence-corrected chi connectivity index (χ1v) is 4.92. The lowest BCUT2D eigenvalue weighted by Crippen LogP contribution is -2.27. The molecule has 1 aromatic rings. The number of rotatable bonds is 2. The van der Waals surface area contributed by atoms with E-state index in [1.54, 1.807) is 0 Å². The lowest BCUT2D eigenvalue weighted by atomic mass is 9.98. The van der Waals surface area contributed by atoms with Gasteiger partial charge in [0.25, 0.3) is 0 Å². The van der Waals surface area contributed by atoms with Crippen LogP contribution in [-0.2, 0) is 6.18 Å². The van der Waals surface area contributed by atoms with Crippen LogP contribution in [0.2, 0.25) is 5.02 Å². The van der Waals surface area contributed by atoms with E-state index in [2.05, 4.69) is 0 Å². The van der Waals surface area contributed by atoms with E-state index in [1.165, 1.54) is 19.1 Å². The average molecular weight is 254 g/mol. The quantitative estimate of drug-likeness (QED) is 0.851. The Kier molecular flexibility index (Phi) is 3.83. The number of halogens is 4. The lowest BCUT2D eigenvalue weighted by Gasteiger charge is -2.21. The molecule has 2 atom stereocenters. The fraction of sp³-hybridized carbons (Fsp3) is 0.400. The molecule has 0 radical (unpaired) electrons. The van der Waals surface area contributed by atoms with Crippen molar-refractivity contribution in [1.29, 1.82) is 0 Å². The highest BCUT2D eigenvalue weighted by Gasteiger charge is 2.36. The molecule has 1 rings (SSSR count). The summed E-state index contributed by atoms with van der Waals surface area (Å²) < 4.78 is 37.9. The van der Waals surface area contributed by atoms with Crippen molar-refractivity contribution >= 4 is 11.6 Å². The zero-order valence-corrected chi connectivity index (χ0v) is 9.18. The van der Waals surface area contributed by atoms with Crippen LogP contribution in [0.5, 0.6) is 0 Å². The van der Waals surface area contributed by atoms with Gasteiger partial charge in [0.15, 0.2) is 0 Å². The fourth-order valence-electron chi connectivity index (χ4n) is 1.35. The first-order chi connectivity index (χ1) is 7.25. The molecular formula is C10H11ClF3NO. The minimum absolute atomic E-state index is 0.139. The molecule has 1 aromatic carbocycles. The summed E-state index contributed by atoms with van der Waals surface area (Å²) in [6.45, 7) is 1.41. The van der Waals surface area contributed by atoms with Crippen LogP contribution < -0.4 is 5.73 Å². The molecule has 0 amide bonds. The molecule has 0 fully saturated rings. The maximum Gasteiger partial charge on any atom is 0.416 e. The minimum atomic E-state index is -4.56. The van der Waals surface area contributed by atoms with E-state index in [1.807, 2.05) is 0 Å². The number of aliphatic hydroxyl groups excluding tert-OH is 1. The molecule has 16 heavy (non-hydrogen) atoms. The molecule has 0 bridgehead atoms. The zero-order valence-electron chi connectivity index (χ0n) is 8.42. The topological polar surface area (TPSA) is 46.2 Å². The van der Waals surface area contributed by atoms with Crippen LogP contribution in [0.1, 0.15) is 24.2 Å². The van der Waals surface area contributed by atoms with Crippen LogP contribution in [0.25, 0.3) is 0 Å². The van der Waals surface area contributed by atoms with Gasteiger partial charge in [0.2, 0.25) is 0 Å². The number of alkyl halides is 3. The molecule has 0 unspecified atom stereocenters. The zero-order chi connectivity index (χ0) is 12.5. The second kappa shape index (κ2) is 4.61. The van der Waals surface area contributed by atoms with E-state index < -0.39 is 23.9 Å². The Bertz CT molecular complexity index is 379. The van der Waals surface area contributed by atoms with Gasteiger partial charge in [-0.1, -0.05) is 17.7 Å². The Hall–Kier alpha value is -0.780. The molecule has 0 saturated carbocycles. The molecule has 0 aliphatic rings. The third kappa shape index (κ3) is 2.66. The van der Waals surface area contributed by atoms with E-state index in [-0.39, 0.29) is 10.6 Å². The normalized spacial score (nSPS) is 15.9. The summed E-state index contributed by atoms with van der Waals surface area (Å²) in [5.74, 6) is 0. The summed E-state index contributed by atoms with van der Waals surface area (Å²) in [4.78, 5) is 0. The van der Waals surface area contributed by atoms with Gasteiger partial charge in [0, 0.05) is 16.6 Å². The van der Waals surface area contributed by atoms with Crippen LogP contribution >= 0.6 is 11.6 Å². The van der Waals surface area contributed by atoms with Crippen molar-refractivity contribution < 1.29 is 18.3 Å². The van der Waals surface area contributed by atoms with Crippen molar-refractivity contribution in [2.24, 2.45) is 5.73 Å². The lowest BCUT2D eigenvalue weighted by molar-refractivity contribution is -0.139. The Labute approximate surface area is 95.8 Å². The molecule has 0 spiro atoms. The molecule has 3 N–H and O–H groups in total. The van der Waals surface area contributed by atoms with E-state index in [0.29, 0.717) is 0 Å².